The van der Waals surface area contributed by atoms with Crippen LogP contribution in [0.4, 0.5) is 10.1 Å². The molecule has 0 radical (unpaired) electrons. The van der Waals surface area contributed by atoms with E-state index < -0.39 is 28.1 Å². The molecule has 0 heterocycles. The first-order chi connectivity index (χ1) is 9.90. The Hall–Kier alpha value is -2.48. The van der Waals surface area contributed by atoms with E-state index in [0.717, 1.165) is 12.1 Å². The molecule has 1 N–H and O–H groups in total. The van der Waals surface area contributed by atoms with Gasteiger partial charge in [0.2, 0.25) is 5.75 Å². The van der Waals surface area contributed by atoms with Crippen LogP contribution in [0, 0.1) is 15.9 Å². The number of carboxylic acids is 1. The number of benzene rings is 2. The highest BCUT2D eigenvalue weighted by Gasteiger charge is 2.23. The number of aromatic carboxylic acids is 1. The maximum absolute atomic E-state index is 13.4. The lowest BCUT2D eigenvalue weighted by Gasteiger charge is -2.09. The molecule has 8 heteroatoms. The van der Waals surface area contributed by atoms with Crippen molar-refractivity contribution >= 4 is 27.6 Å². The van der Waals surface area contributed by atoms with Gasteiger partial charge in [-0.2, -0.15) is 0 Å². The summed E-state index contributed by atoms with van der Waals surface area (Å²) in [5.41, 5.74) is -0.897. The fourth-order valence-corrected chi connectivity index (χ4v) is 1.85. The number of hydrogen-bond acceptors (Lipinski definition) is 4. The Labute approximate surface area is 126 Å². The van der Waals surface area contributed by atoms with Crippen molar-refractivity contribution in [3.8, 4) is 11.5 Å². The molecule has 0 aromatic heterocycles. The number of carbonyl (C=O) groups is 1. The van der Waals surface area contributed by atoms with Crippen LogP contribution in [-0.2, 0) is 0 Å². The quantitative estimate of drug-likeness (QED) is 0.661. The van der Waals surface area contributed by atoms with Crippen molar-refractivity contribution in [2.75, 3.05) is 0 Å². The lowest BCUT2D eigenvalue weighted by molar-refractivity contribution is -0.385. The summed E-state index contributed by atoms with van der Waals surface area (Å²) in [6.07, 6.45) is 0. The fraction of sp³-hybridized carbons (Fsp3) is 0. The molecule has 0 aliphatic heterocycles. The van der Waals surface area contributed by atoms with Gasteiger partial charge >= 0.3 is 11.7 Å². The molecule has 0 saturated heterocycles. The maximum atomic E-state index is 13.4. The van der Waals surface area contributed by atoms with Crippen LogP contribution in [0.1, 0.15) is 10.4 Å². The van der Waals surface area contributed by atoms with Gasteiger partial charge in [-0.05, 0) is 34.1 Å². The minimum Gasteiger partial charge on any atom is -0.478 e. The second-order valence-electron chi connectivity index (χ2n) is 3.89. The zero-order chi connectivity index (χ0) is 15.6. The zero-order valence-corrected chi connectivity index (χ0v) is 11.8. The van der Waals surface area contributed by atoms with Gasteiger partial charge in [-0.25, -0.2) is 9.18 Å². The molecule has 2 aromatic rings. The molecule has 0 aliphatic carbocycles. The molecule has 2 rings (SSSR count). The number of hydrogen-bond donors (Lipinski definition) is 1. The SMILES string of the molecule is O=C(O)c1cccc([N+](=O)[O-])c1Oc1ccc(Br)c(F)c1. The Morgan fingerprint density at radius 1 is 1.33 bits per heavy atom. The minimum absolute atomic E-state index is 0.0486. The minimum atomic E-state index is -1.38. The highest BCUT2D eigenvalue weighted by molar-refractivity contribution is 9.10. The number of nitrogens with zero attached hydrogens (tertiary/aromatic N) is 1. The predicted molar refractivity (Wildman–Crippen MR) is 74.2 cm³/mol. The van der Waals surface area contributed by atoms with Gasteiger partial charge in [0.25, 0.3) is 0 Å². The summed E-state index contributed by atoms with van der Waals surface area (Å²) in [5.74, 6) is -2.52. The summed E-state index contributed by atoms with van der Waals surface area (Å²) in [4.78, 5) is 21.3. The summed E-state index contributed by atoms with van der Waals surface area (Å²) >= 11 is 2.96. The van der Waals surface area contributed by atoms with Gasteiger partial charge in [-0.15, -0.1) is 0 Å². The van der Waals surface area contributed by atoms with E-state index in [1.54, 1.807) is 0 Å². The van der Waals surface area contributed by atoms with E-state index in [2.05, 4.69) is 15.9 Å². The Balaban J connectivity index is 2.53. The van der Waals surface area contributed by atoms with Crippen LogP contribution in [0.3, 0.4) is 0 Å². The van der Waals surface area contributed by atoms with Crippen molar-refractivity contribution < 1.29 is 24.0 Å². The van der Waals surface area contributed by atoms with Crippen molar-refractivity contribution in [2.45, 2.75) is 0 Å². The molecule has 0 spiro atoms. The summed E-state index contributed by atoms with van der Waals surface area (Å²) in [6, 6.07) is 7.20. The van der Waals surface area contributed by atoms with Gasteiger partial charge in [0.15, 0.2) is 0 Å². The van der Waals surface area contributed by atoms with Crippen LogP contribution >= 0.6 is 15.9 Å². The molecule has 108 valence electrons. The lowest BCUT2D eigenvalue weighted by Crippen LogP contribution is -2.03. The molecule has 0 atom stereocenters. The monoisotopic (exact) mass is 355 g/mol. The summed E-state index contributed by atoms with van der Waals surface area (Å²) < 4.78 is 18.8. The standard InChI is InChI=1S/C13H7BrFNO5/c14-9-5-4-7(6-10(9)15)21-12-8(13(17)18)2-1-3-11(12)16(19)20/h1-6H,(H,17,18). The molecule has 0 bridgehead atoms. The van der Waals surface area contributed by atoms with Crippen LogP contribution in [0.2, 0.25) is 0 Å². The van der Waals surface area contributed by atoms with Gasteiger partial charge < -0.3 is 9.84 Å². The van der Waals surface area contributed by atoms with Crippen LogP contribution < -0.4 is 4.74 Å². The molecule has 2 aromatic carbocycles. The third-order valence-corrected chi connectivity index (χ3v) is 3.18. The first-order valence-corrected chi connectivity index (χ1v) is 6.33. The van der Waals surface area contributed by atoms with E-state index in [1.165, 1.54) is 24.3 Å². The van der Waals surface area contributed by atoms with E-state index in [1.807, 2.05) is 0 Å². The Morgan fingerprint density at radius 2 is 2.05 bits per heavy atom. The van der Waals surface area contributed by atoms with Crippen LogP contribution in [-0.4, -0.2) is 16.0 Å². The molecule has 0 aliphatic rings. The van der Waals surface area contributed by atoms with Crippen molar-refractivity contribution in [3.05, 3.63) is 62.4 Å². The molecule has 21 heavy (non-hydrogen) atoms. The number of nitro benzene ring substituents is 1. The topological polar surface area (TPSA) is 89.7 Å². The number of nitro groups is 1. The third-order valence-electron chi connectivity index (χ3n) is 2.53. The molecule has 0 fully saturated rings. The van der Waals surface area contributed by atoms with Gasteiger partial charge in [0, 0.05) is 12.1 Å². The summed E-state index contributed by atoms with van der Waals surface area (Å²) in [6.45, 7) is 0. The second kappa shape index (κ2) is 5.88. The molecule has 6 nitrogen and oxygen atoms in total. The number of halogens is 2. The molecule has 0 saturated carbocycles. The Morgan fingerprint density at radius 3 is 2.62 bits per heavy atom. The smallest absolute Gasteiger partial charge is 0.339 e. The van der Waals surface area contributed by atoms with Crippen molar-refractivity contribution in [2.24, 2.45) is 0 Å². The molecular formula is C13H7BrFNO5. The van der Waals surface area contributed by atoms with E-state index in [4.69, 9.17) is 9.84 Å². The number of para-hydroxylation sites is 1. The molecular weight excluding hydrogens is 349 g/mol. The average molecular weight is 356 g/mol. The van der Waals surface area contributed by atoms with Crippen molar-refractivity contribution in [1.29, 1.82) is 0 Å². The Bertz CT molecular complexity index is 702. The molecule has 0 amide bonds. The summed E-state index contributed by atoms with van der Waals surface area (Å²) in [5, 5.41) is 20.0. The second-order valence-corrected chi connectivity index (χ2v) is 4.75. The largest absolute Gasteiger partial charge is 0.478 e. The summed E-state index contributed by atoms with van der Waals surface area (Å²) in [7, 11) is 0. The van der Waals surface area contributed by atoms with Crippen LogP contribution in [0.5, 0.6) is 11.5 Å². The van der Waals surface area contributed by atoms with Crippen LogP contribution in [0.15, 0.2) is 40.9 Å². The first kappa shape index (κ1) is 14.9. The van der Waals surface area contributed by atoms with Crippen molar-refractivity contribution in [1.82, 2.24) is 0 Å². The first-order valence-electron chi connectivity index (χ1n) is 5.53. The van der Waals surface area contributed by atoms with Crippen molar-refractivity contribution in [3.63, 3.8) is 0 Å². The highest BCUT2D eigenvalue weighted by atomic mass is 79.9. The van der Waals surface area contributed by atoms with E-state index in [9.17, 15) is 19.3 Å². The molecule has 0 unspecified atom stereocenters. The van der Waals surface area contributed by atoms with E-state index in [0.29, 0.717) is 0 Å². The number of ether oxygens (including phenoxy) is 1. The van der Waals surface area contributed by atoms with Gasteiger partial charge in [-0.1, -0.05) is 6.07 Å². The van der Waals surface area contributed by atoms with Gasteiger partial charge in [-0.3, -0.25) is 10.1 Å². The van der Waals surface area contributed by atoms with Crippen LogP contribution in [0.25, 0.3) is 0 Å². The third kappa shape index (κ3) is 3.16. The average Bonchev–Trinajstić information content (AvgIpc) is 2.42. The fourth-order valence-electron chi connectivity index (χ4n) is 1.60. The lowest BCUT2D eigenvalue weighted by atomic mass is 10.1. The van der Waals surface area contributed by atoms with Gasteiger partial charge in [0.1, 0.15) is 17.1 Å². The van der Waals surface area contributed by atoms with E-state index in [-0.39, 0.29) is 15.8 Å². The van der Waals surface area contributed by atoms with E-state index >= 15 is 0 Å². The Kier molecular flexibility index (Phi) is 4.18. The predicted octanol–water partition coefficient (Wildman–Crippen LogP) is 3.99. The van der Waals surface area contributed by atoms with Gasteiger partial charge in [0.05, 0.1) is 9.40 Å². The number of carboxylic acid groups (broad SMARTS) is 1. The number of rotatable bonds is 4. The maximum Gasteiger partial charge on any atom is 0.339 e. The highest BCUT2D eigenvalue weighted by Crippen LogP contribution is 2.35. The zero-order valence-electron chi connectivity index (χ0n) is 10.2. The normalized spacial score (nSPS) is 10.2.